The zero-order chi connectivity index (χ0) is 20.7. The van der Waals surface area contributed by atoms with E-state index in [-0.39, 0.29) is 29.5 Å². The number of aromatic hydroxyl groups is 1. The van der Waals surface area contributed by atoms with E-state index in [2.05, 4.69) is 0 Å². The predicted octanol–water partition coefficient (Wildman–Crippen LogP) is 5.11. The van der Waals surface area contributed by atoms with Gasteiger partial charge in [0.25, 0.3) is 0 Å². The van der Waals surface area contributed by atoms with Crippen LogP contribution in [0.1, 0.15) is 38.3 Å². The third-order valence-corrected chi connectivity index (χ3v) is 5.38. The molecule has 1 heterocycles. The number of ether oxygens (including phenoxy) is 1. The van der Waals surface area contributed by atoms with Gasteiger partial charge < -0.3 is 14.9 Å². The standard InChI is InChI=1S/C23H22FNO4/c1-12(2)21-20(13-3-5-15(24)6-4-13)18-8-7-16(26)11-19(18)22(25-21)29-17-9-14(10-17)23(27)28/h3-8,11-12,14,17,26H,9-10H2,1-2H3,(H,27,28)/t14-,17+. The van der Waals surface area contributed by atoms with Crippen LogP contribution in [0.4, 0.5) is 4.39 Å². The zero-order valence-corrected chi connectivity index (χ0v) is 16.2. The molecule has 1 aromatic heterocycles. The van der Waals surface area contributed by atoms with E-state index in [1.165, 1.54) is 12.1 Å². The van der Waals surface area contributed by atoms with Gasteiger partial charge in [-0.1, -0.05) is 26.0 Å². The molecule has 150 valence electrons. The Morgan fingerprint density at radius 1 is 1.14 bits per heavy atom. The third-order valence-electron chi connectivity index (χ3n) is 5.38. The molecule has 29 heavy (non-hydrogen) atoms. The number of carboxylic acids is 1. The van der Waals surface area contributed by atoms with Crippen LogP contribution in [-0.2, 0) is 4.79 Å². The topological polar surface area (TPSA) is 79.7 Å². The van der Waals surface area contributed by atoms with Crippen molar-refractivity contribution in [3.8, 4) is 22.8 Å². The Hall–Kier alpha value is -3.15. The van der Waals surface area contributed by atoms with Crippen molar-refractivity contribution in [2.75, 3.05) is 0 Å². The van der Waals surface area contributed by atoms with Gasteiger partial charge in [0.2, 0.25) is 5.88 Å². The number of hydrogen-bond acceptors (Lipinski definition) is 4. The van der Waals surface area contributed by atoms with Gasteiger partial charge in [0.1, 0.15) is 17.7 Å². The molecule has 0 bridgehead atoms. The summed E-state index contributed by atoms with van der Waals surface area (Å²) < 4.78 is 19.5. The fraction of sp³-hybridized carbons (Fsp3) is 0.304. The lowest BCUT2D eigenvalue weighted by molar-refractivity contribution is -0.148. The molecular weight excluding hydrogens is 373 g/mol. The second-order valence-corrected chi connectivity index (χ2v) is 7.82. The Bertz CT molecular complexity index is 1070. The lowest BCUT2D eigenvalue weighted by atomic mass is 9.82. The quantitative estimate of drug-likeness (QED) is 0.627. The van der Waals surface area contributed by atoms with E-state index in [9.17, 15) is 14.3 Å². The van der Waals surface area contributed by atoms with Gasteiger partial charge in [-0.3, -0.25) is 4.79 Å². The van der Waals surface area contributed by atoms with E-state index in [1.54, 1.807) is 24.3 Å². The van der Waals surface area contributed by atoms with Crippen molar-refractivity contribution in [1.82, 2.24) is 4.98 Å². The number of aliphatic carboxylic acids is 1. The summed E-state index contributed by atoms with van der Waals surface area (Å²) in [6.07, 6.45) is 0.660. The van der Waals surface area contributed by atoms with Crippen molar-refractivity contribution in [2.24, 2.45) is 5.92 Å². The number of aromatic nitrogens is 1. The SMILES string of the molecule is CC(C)c1nc(O[C@H]2C[C@@H](C(=O)O)C2)c2cc(O)ccc2c1-c1ccc(F)cc1. The van der Waals surface area contributed by atoms with Gasteiger partial charge >= 0.3 is 5.97 Å². The molecule has 0 aliphatic heterocycles. The maximum Gasteiger partial charge on any atom is 0.306 e. The van der Waals surface area contributed by atoms with Gasteiger partial charge in [0.05, 0.1) is 11.6 Å². The molecule has 4 rings (SSSR count). The maximum absolute atomic E-state index is 13.5. The number of fused-ring (bicyclic) bond motifs is 1. The van der Waals surface area contributed by atoms with Crippen molar-refractivity contribution in [3.05, 3.63) is 54.0 Å². The fourth-order valence-corrected chi connectivity index (χ4v) is 3.74. The molecule has 1 saturated carbocycles. The lowest BCUT2D eigenvalue weighted by Crippen LogP contribution is -2.38. The van der Waals surface area contributed by atoms with Crippen LogP contribution in [-0.4, -0.2) is 27.3 Å². The van der Waals surface area contributed by atoms with E-state index in [0.29, 0.717) is 24.1 Å². The summed E-state index contributed by atoms with van der Waals surface area (Å²) in [5.74, 6) is -0.961. The minimum Gasteiger partial charge on any atom is -0.508 e. The van der Waals surface area contributed by atoms with E-state index in [1.807, 2.05) is 19.9 Å². The van der Waals surface area contributed by atoms with Gasteiger partial charge in [-0.25, -0.2) is 9.37 Å². The molecule has 0 spiro atoms. The summed E-state index contributed by atoms with van der Waals surface area (Å²) in [5, 5.41) is 20.6. The maximum atomic E-state index is 13.5. The minimum absolute atomic E-state index is 0.0729. The number of carbonyl (C=O) groups is 1. The molecule has 0 unspecified atom stereocenters. The third kappa shape index (κ3) is 3.62. The molecular formula is C23H22FNO4. The second kappa shape index (κ2) is 7.35. The summed E-state index contributed by atoms with van der Waals surface area (Å²) in [6.45, 7) is 4.05. The molecule has 0 amide bonds. The molecule has 2 N–H and O–H groups in total. The number of phenols is 1. The first-order chi connectivity index (χ1) is 13.8. The Balaban J connectivity index is 1.85. The summed E-state index contributed by atoms with van der Waals surface area (Å²) >= 11 is 0. The highest BCUT2D eigenvalue weighted by Gasteiger charge is 2.36. The first kappa shape index (κ1) is 19.2. The van der Waals surface area contributed by atoms with Crippen LogP contribution in [0.5, 0.6) is 11.6 Å². The first-order valence-electron chi connectivity index (χ1n) is 9.65. The number of benzene rings is 2. The van der Waals surface area contributed by atoms with Crippen LogP contribution in [0.25, 0.3) is 21.9 Å². The van der Waals surface area contributed by atoms with Gasteiger partial charge in [0.15, 0.2) is 0 Å². The van der Waals surface area contributed by atoms with Crippen molar-refractivity contribution in [1.29, 1.82) is 0 Å². The van der Waals surface area contributed by atoms with Crippen molar-refractivity contribution < 1.29 is 24.1 Å². The Morgan fingerprint density at radius 3 is 2.45 bits per heavy atom. The molecule has 0 saturated heterocycles. The molecule has 0 radical (unpaired) electrons. The van der Waals surface area contributed by atoms with Crippen LogP contribution in [0.3, 0.4) is 0 Å². The van der Waals surface area contributed by atoms with Gasteiger partial charge in [-0.05, 0) is 60.0 Å². The Labute approximate surface area is 167 Å². The second-order valence-electron chi connectivity index (χ2n) is 7.82. The monoisotopic (exact) mass is 395 g/mol. The lowest BCUT2D eigenvalue weighted by Gasteiger charge is -2.32. The summed E-state index contributed by atoms with van der Waals surface area (Å²) in [4.78, 5) is 15.8. The molecule has 0 atom stereocenters. The fourth-order valence-electron chi connectivity index (χ4n) is 3.74. The van der Waals surface area contributed by atoms with Crippen molar-refractivity contribution in [2.45, 2.75) is 38.7 Å². The van der Waals surface area contributed by atoms with E-state index < -0.39 is 5.97 Å². The molecule has 5 nitrogen and oxygen atoms in total. The number of carboxylic acid groups (broad SMARTS) is 1. The molecule has 1 fully saturated rings. The predicted molar refractivity (Wildman–Crippen MR) is 108 cm³/mol. The van der Waals surface area contributed by atoms with Gasteiger partial charge in [-0.15, -0.1) is 0 Å². The van der Waals surface area contributed by atoms with E-state index in [0.717, 1.165) is 22.2 Å². The number of nitrogens with zero attached hydrogens (tertiary/aromatic N) is 1. The van der Waals surface area contributed by atoms with E-state index in [4.69, 9.17) is 14.8 Å². The van der Waals surface area contributed by atoms with E-state index >= 15 is 0 Å². The van der Waals surface area contributed by atoms with Crippen molar-refractivity contribution >= 4 is 16.7 Å². The van der Waals surface area contributed by atoms with Crippen LogP contribution < -0.4 is 4.74 Å². The highest BCUT2D eigenvalue weighted by molar-refractivity contribution is 6.01. The smallest absolute Gasteiger partial charge is 0.306 e. The zero-order valence-electron chi connectivity index (χ0n) is 16.2. The van der Waals surface area contributed by atoms with Crippen LogP contribution in [0.15, 0.2) is 42.5 Å². The van der Waals surface area contributed by atoms with Crippen molar-refractivity contribution in [3.63, 3.8) is 0 Å². The summed E-state index contributed by atoms with van der Waals surface area (Å²) in [6, 6.07) is 11.3. The molecule has 1 aliphatic rings. The average molecular weight is 395 g/mol. The average Bonchev–Trinajstić information content (AvgIpc) is 2.64. The minimum atomic E-state index is -0.810. The van der Waals surface area contributed by atoms with Gasteiger partial charge in [0, 0.05) is 10.9 Å². The summed E-state index contributed by atoms with van der Waals surface area (Å²) in [5.41, 5.74) is 2.51. The normalized spacial score (nSPS) is 18.6. The van der Waals surface area contributed by atoms with Crippen LogP contribution in [0, 0.1) is 11.7 Å². The largest absolute Gasteiger partial charge is 0.508 e. The van der Waals surface area contributed by atoms with Crippen LogP contribution >= 0.6 is 0 Å². The Kier molecular flexibility index (Phi) is 4.86. The highest BCUT2D eigenvalue weighted by Crippen LogP contribution is 2.41. The first-order valence-corrected chi connectivity index (χ1v) is 9.65. The highest BCUT2D eigenvalue weighted by atomic mass is 19.1. The number of rotatable bonds is 5. The number of halogens is 1. The molecule has 2 aromatic carbocycles. The van der Waals surface area contributed by atoms with Crippen LogP contribution in [0.2, 0.25) is 0 Å². The molecule has 3 aromatic rings. The number of pyridine rings is 1. The Morgan fingerprint density at radius 2 is 1.83 bits per heavy atom. The molecule has 6 heteroatoms. The number of hydrogen-bond donors (Lipinski definition) is 2. The summed E-state index contributed by atoms with van der Waals surface area (Å²) in [7, 11) is 0. The molecule has 1 aliphatic carbocycles. The number of phenolic OH excluding ortho intramolecular Hbond substituents is 1. The van der Waals surface area contributed by atoms with Gasteiger partial charge in [-0.2, -0.15) is 0 Å².